The maximum atomic E-state index is 12.5. The topological polar surface area (TPSA) is 64.1 Å². The van der Waals surface area contributed by atoms with Crippen LogP contribution in [0.1, 0.15) is 32.1 Å². The molecule has 2 fully saturated rings. The van der Waals surface area contributed by atoms with Crippen LogP contribution in [-0.4, -0.2) is 71.2 Å². The number of carbonyl (C=O) groups is 2. The van der Waals surface area contributed by atoms with Crippen molar-refractivity contribution in [3.05, 3.63) is 12.2 Å². The molecular formula is C17H27N3O3. The first-order valence-corrected chi connectivity index (χ1v) is 8.57. The molecule has 0 aromatic rings. The summed E-state index contributed by atoms with van der Waals surface area (Å²) in [5.74, 6) is -0.514. The highest BCUT2D eigenvalue weighted by atomic mass is 16.3. The van der Waals surface area contributed by atoms with E-state index < -0.39 is 18.1 Å². The third-order valence-corrected chi connectivity index (χ3v) is 5.59. The van der Waals surface area contributed by atoms with E-state index in [1.54, 1.807) is 0 Å². The van der Waals surface area contributed by atoms with Gasteiger partial charge in [-0.1, -0.05) is 31.4 Å². The molecule has 1 saturated heterocycles. The minimum atomic E-state index is -0.532. The standard InChI is InChI=1S/C17H27N3O3/c1-18(2)20-13(15(21)11-7-5-4-6-8-11)10-9-12-14(20)17(23)19(3)16(12)22/h9-15,21H,4-8H2,1-3H3/t12-,13-,14+,15-/m1/s1. The molecule has 0 aromatic carbocycles. The Morgan fingerprint density at radius 3 is 2.39 bits per heavy atom. The number of amides is 2. The normalized spacial score (nSPS) is 34.3. The zero-order chi connectivity index (χ0) is 16.7. The third-order valence-electron chi connectivity index (χ3n) is 5.59. The Hall–Kier alpha value is -1.24. The molecule has 6 nitrogen and oxygen atoms in total. The molecule has 2 heterocycles. The Balaban J connectivity index is 1.89. The number of carbonyl (C=O) groups excluding carboxylic acids is 2. The Morgan fingerprint density at radius 1 is 1.13 bits per heavy atom. The molecule has 0 radical (unpaired) electrons. The lowest BCUT2D eigenvalue weighted by Crippen LogP contribution is -2.61. The average Bonchev–Trinajstić information content (AvgIpc) is 2.78. The van der Waals surface area contributed by atoms with E-state index >= 15 is 0 Å². The number of fused-ring (bicyclic) bond motifs is 1. The van der Waals surface area contributed by atoms with E-state index in [0.717, 1.165) is 25.7 Å². The number of hydrogen-bond acceptors (Lipinski definition) is 5. The molecule has 6 heteroatoms. The first kappa shape index (κ1) is 16.6. The van der Waals surface area contributed by atoms with Crippen molar-refractivity contribution < 1.29 is 14.7 Å². The van der Waals surface area contributed by atoms with Gasteiger partial charge in [0.2, 0.25) is 11.8 Å². The third kappa shape index (κ3) is 2.73. The Kier molecular flexibility index (Phi) is 4.58. The van der Waals surface area contributed by atoms with Crippen molar-refractivity contribution in [1.82, 2.24) is 14.9 Å². The van der Waals surface area contributed by atoms with Gasteiger partial charge in [0, 0.05) is 21.1 Å². The van der Waals surface area contributed by atoms with Crippen molar-refractivity contribution in [3.8, 4) is 0 Å². The summed E-state index contributed by atoms with van der Waals surface area (Å²) in [5.41, 5.74) is 0. The molecule has 4 atom stereocenters. The zero-order valence-corrected chi connectivity index (χ0v) is 14.2. The summed E-state index contributed by atoms with van der Waals surface area (Å²) in [7, 11) is 5.27. The molecule has 1 N–H and O–H groups in total. The lowest BCUT2D eigenvalue weighted by molar-refractivity contribution is -0.147. The van der Waals surface area contributed by atoms with Crippen LogP contribution in [0.3, 0.4) is 0 Å². The van der Waals surface area contributed by atoms with E-state index in [-0.39, 0.29) is 23.8 Å². The highest BCUT2D eigenvalue weighted by molar-refractivity contribution is 6.07. The van der Waals surface area contributed by atoms with Gasteiger partial charge in [-0.15, -0.1) is 0 Å². The van der Waals surface area contributed by atoms with E-state index in [4.69, 9.17) is 0 Å². The minimum Gasteiger partial charge on any atom is -0.391 e. The number of hydrazine groups is 1. The smallest absolute Gasteiger partial charge is 0.248 e. The van der Waals surface area contributed by atoms with Crippen LogP contribution in [0.2, 0.25) is 0 Å². The number of imide groups is 1. The van der Waals surface area contributed by atoms with Crippen molar-refractivity contribution in [2.75, 3.05) is 21.1 Å². The van der Waals surface area contributed by atoms with Crippen molar-refractivity contribution in [3.63, 3.8) is 0 Å². The Morgan fingerprint density at radius 2 is 1.78 bits per heavy atom. The number of aliphatic hydroxyl groups excluding tert-OH is 1. The number of likely N-dealkylation sites (tertiary alicyclic amines) is 1. The summed E-state index contributed by atoms with van der Waals surface area (Å²) >= 11 is 0. The number of likely N-dealkylation sites (N-methyl/N-ethyl adjacent to an activating group) is 1. The zero-order valence-electron chi connectivity index (χ0n) is 14.2. The molecule has 0 aromatic heterocycles. The van der Waals surface area contributed by atoms with Gasteiger partial charge in [-0.3, -0.25) is 14.5 Å². The first-order valence-electron chi connectivity index (χ1n) is 8.57. The fourth-order valence-corrected chi connectivity index (χ4v) is 4.33. The minimum absolute atomic E-state index is 0.159. The summed E-state index contributed by atoms with van der Waals surface area (Å²) in [6, 6.07) is -0.784. The van der Waals surface area contributed by atoms with E-state index in [1.807, 2.05) is 36.3 Å². The van der Waals surface area contributed by atoms with Crippen LogP contribution in [0.4, 0.5) is 0 Å². The van der Waals surface area contributed by atoms with Crippen LogP contribution in [0, 0.1) is 11.8 Å². The van der Waals surface area contributed by atoms with Crippen LogP contribution >= 0.6 is 0 Å². The van der Waals surface area contributed by atoms with Gasteiger partial charge >= 0.3 is 0 Å². The van der Waals surface area contributed by atoms with Crippen LogP contribution in [0.25, 0.3) is 0 Å². The van der Waals surface area contributed by atoms with Crippen LogP contribution in [0.5, 0.6) is 0 Å². The summed E-state index contributed by atoms with van der Waals surface area (Å²) < 4.78 is 0. The molecule has 3 rings (SSSR count). The maximum absolute atomic E-state index is 12.5. The van der Waals surface area contributed by atoms with Crippen LogP contribution in [0.15, 0.2) is 12.2 Å². The second-order valence-corrected chi connectivity index (χ2v) is 7.20. The quantitative estimate of drug-likeness (QED) is 0.610. The van der Waals surface area contributed by atoms with Gasteiger partial charge in [0.15, 0.2) is 0 Å². The predicted octanol–water partition coefficient (Wildman–Crippen LogP) is 0.628. The second-order valence-electron chi connectivity index (χ2n) is 7.20. The van der Waals surface area contributed by atoms with Crippen molar-refractivity contribution in [2.45, 2.75) is 50.3 Å². The predicted molar refractivity (Wildman–Crippen MR) is 86.1 cm³/mol. The van der Waals surface area contributed by atoms with E-state index in [9.17, 15) is 14.7 Å². The molecule has 0 unspecified atom stereocenters. The van der Waals surface area contributed by atoms with Gasteiger partial charge in [-0.2, -0.15) is 0 Å². The number of aliphatic hydroxyl groups is 1. The fourth-order valence-electron chi connectivity index (χ4n) is 4.33. The average molecular weight is 321 g/mol. The number of rotatable bonds is 3. The lowest BCUT2D eigenvalue weighted by Gasteiger charge is -2.45. The van der Waals surface area contributed by atoms with Gasteiger partial charge in [0.25, 0.3) is 0 Å². The Bertz CT molecular complexity index is 513. The van der Waals surface area contributed by atoms with E-state index in [2.05, 4.69) is 0 Å². The van der Waals surface area contributed by atoms with E-state index in [1.165, 1.54) is 18.4 Å². The lowest BCUT2D eigenvalue weighted by atomic mass is 9.80. The first-order chi connectivity index (χ1) is 10.9. The maximum Gasteiger partial charge on any atom is 0.248 e. The van der Waals surface area contributed by atoms with Crippen molar-refractivity contribution in [1.29, 1.82) is 0 Å². The SMILES string of the molecule is CN1C(=O)[C@@H]2[C@@H](C=C[C@H]([C@H](O)C3CCCCC3)N2N(C)C)C1=O. The van der Waals surface area contributed by atoms with Gasteiger partial charge in [0.1, 0.15) is 6.04 Å². The van der Waals surface area contributed by atoms with E-state index in [0.29, 0.717) is 0 Å². The summed E-state index contributed by atoms with van der Waals surface area (Å²) in [4.78, 5) is 26.0. The van der Waals surface area contributed by atoms with Crippen LogP contribution in [-0.2, 0) is 9.59 Å². The molecule has 1 saturated carbocycles. The largest absolute Gasteiger partial charge is 0.391 e. The molecular weight excluding hydrogens is 294 g/mol. The summed E-state index contributed by atoms with van der Waals surface area (Å²) in [6.45, 7) is 0. The Labute approximate surface area is 137 Å². The number of nitrogens with zero attached hydrogens (tertiary/aromatic N) is 3. The monoisotopic (exact) mass is 321 g/mol. The summed E-state index contributed by atoms with van der Waals surface area (Å²) in [6.07, 6.45) is 8.86. The van der Waals surface area contributed by atoms with Gasteiger partial charge in [-0.05, 0) is 18.8 Å². The number of hydrogen-bond donors (Lipinski definition) is 1. The van der Waals surface area contributed by atoms with Gasteiger partial charge in [-0.25, -0.2) is 10.0 Å². The van der Waals surface area contributed by atoms with Gasteiger partial charge in [0.05, 0.1) is 18.1 Å². The molecule has 1 aliphatic carbocycles. The summed E-state index contributed by atoms with van der Waals surface area (Å²) in [5, 5.41) is 14.7. The second kappa shape index (κ2) is 6.34. The highest BCUT2D eigenvalue weighted by Crippen LogP contribution is 2.36. The molecule has 3 aliphatic rings. The molecule has 128 valence electrons. The molecule has 2 amide bonds. The molecule has 0 spiro atoms. The van der Waals surface area contributed by atoms with Crippen LogP contribution < -0.4 is 0 Å². The van der Waals surface area contributed by atoms with Crippen molar-refractivity contribution in [2.24, 2.45) is 11.8 Å². The van der Waals surface area contributed by atoms with Gasteiger partial charge < -0.3 is 5.11 Å². The fraction of sp³-hybridized carbons (Fsp3) is 0.765. The molecule has 2 aliphatic heterocycles. The molecule has 0 bridgehead atoms. The highest BCUT2D eigenvalue weighted by Gasteiger charge is 2.53. The van der Waals surface area contributed by atoms with Crippen molar-refractivity contribution >= 4 is 11.8 Å². The molecule has 23 heavy (non-hydrogen) atoms.